The normalized spacial score (nSPS) is 13.2. The van der Waals surface area contributed by atoms with Crippen LogP contribution >= 0.6 is 0 Å². The number of hydrogen-bond acceptors (Lipinski definition) is 2. The first-order chi connectivity index (χ1) is 14.8. The average Bonchev–Trinajstić information content (AvgIpc) is 2.99. The molecule has 0 fully saturated rings. The van der Waals surface area contributed by atoms with E-state index in [1.165, 1.54) is 0 Å². The number of nitrogens with zero attached hydrogens (tertiary/aromatic N) is 2. The van der Waals surface area contributed by atoms with Crippen molar-refractivity contribution in [3.05, 3.63) is 82.2 Å². The van der Waals surface area contributed by atoms with Gasteiger partial charge < -0.3 is 5.73 Å². The lowest BCUT2D eigenvalue weighted by Gasteiger charge is -2.18. The number of amides is 1. The number of halogens is 6. The fourth-order valence-electron chi connectivity index (χ4n) is 3.70. The summed E-state index contributed by atoms with van der Waals surface area (Å²) in [6.07, 6.45) is -10.4. The van der Waals surface area contributed by atoms with Gasteiger partial charge in [-0.1, -0.05) is 18.2 Å². The van der Waals surface area contributed by atoms with Crippen molar-refractivity contribution in [2.75, 3.05) is 0 Å². The summed E-state index contributed by atoms with van der Waals surface area (Å²) in [5.74, 6) is -2.05. The molecule has 3 aromatic rings. The second-order valence-corrected chi connectivity index (χ2v) is 7.41. The Balaban J connectivity index is 2.09. The first kappa shape index (κ1) is 23.4. The maximum Gasteiger partial charge on any atom is 0.416 e. The Labute approximate surface area is 179 Å². The molecular weight excluding hydrogens is 436 g/mol. The van der Waals surface area contributed by atoms with Gasteiger partial charge >= 0.3 is 12.4 Å². The molecule has 0 aliphatic rings. The third kappa shape index (κ3) is 4.79. The lowest BCUT2D eigenvalue weighted by atomic mass is 9.88. The molecule has 0 radical (unpaired) electrons. The number of aromatic nitrogens is 2. The van der Waals surface area contributed by atoms with E-state index in [0.717, 1.165) is 0 Å². The molecule has 2 N–H and O–H groups in total. The Kier molecular flexibility index (Phi) is 6.08. The summed E-state index contributed by atoms with van der Waals surface area (Å²) in [6, 6.07) is 10.2. The predicted molar refractivity (Wildman–Crippen MR) is 105 cm³/mol. The zero-order valence-electron chi connectivity index (χ0n) is 17.1. The molecular formula is C22H19F6N3O. The van der Waals surface area contributed by atoms with Gasteiger partial charge in [0.1, 0.15) is 0 Å². The van der Waals surface area contributed by atoms with Crippen LogP contribution in [0.4, 0.5) is 26.3 Å². The maximum absolute atomic E-state index is 13.2. The highest BCUT2D eigenvalue weighted by molar-refractivity contribution is 5.83. The fourth-order valence-corrected chi connectivity index (χ4v) is 3.70. The Bertz CT molecular complexity index is 1100. The van der Waals surface area contributed by atoms with E-state index in [0.29, 0.717) is 34.8 Å². The number of para-hydroxylation sites is 1. The molecule has 1 amide bonds. The minimum Gasteiger partial charge on any atom is -0.369 e. The van der Waals surface area contributed by atoms with Crippen LogP contribution in [0.15, 0.2) is 48.5 Å². The summed E-state index contributed by atoms with van der Waals surface area (Å²) in [6.45, 7) is 3.26. The van der Waals surface area contributed by atoms with Crippen molar-refractivity contribution in [1.29, 1.82) is 0 Å². The van der Waals surface area contributed by atoms with Gasteiger partial charge in [-0.15, -0.1) is 0 Å². The third-order valence-corrected chi connectivity index (χ3v) is 5.13. The average molecular weight is 455 g/mol. The van der Waals surface area contributed by atoms with Crippen LogP contribution in [0.1, 0.15) is 39.6 Å². The van der Waals surface area contributed by atoms with Gasteiger partial charge in [0, 0.05) is 11.3 Å². The van der Waals surface area contributed by atoms with Crippen LogP contribution in [-0.4, -0.2) is 15.7 Å². The van der Waals surface area contributed by atoms with Crippen LogP contribution in [0.25, 0.3) is 5.69 Å². The minimum absolute atomic E-state index is 0.0483. The van der Waals surface area contributed by atoms with Crippen molar-refractivity contribution >= 4 is 5.91 Å². The topological polar surface area (TPSA) is 60.9 Å². The zero-order chi connectivity index (χ0) is 23.8. The number of carbonyl (C=O) groups excluding carboxylic acids is 1. The predicted octanol–water partition coefficient (Wildman–Crippen LogP) is 5.34. The molecule has 0 aliphatic heterocycles. The highest BCUT2D eigenvalue weighted by Crippen LogP contribution is 2.38. The number of nitrogens with two attached hydrogens (primary N) is 1. The molecule has 1 atom stereocenters. The summed E-state index contributed by atoms with van der Waals surface area (Å²) in [5.41, 5.74) is 4.30. The van der Waals surface area contributed by atoms with Crippen LogP contribution in [0.2, 0.25) is 0 Å². The molecule has 1 unspecified atom stereocenters. The molecule has 0 saturated heterocycles. The summed E-state index contributed by atoms with van der Waals surface area (Å²) in [4.78, 5) is 12.3. The molecule has 170 valence electrons. The molecule has 0 spiro atoms. The number of alkyl halides is 6. The molecule has 0 aliphatic carbocycles. The molecule has 1 aromatic heterocycles. The van der Waals surface area contributed by atoms with Crippen molar-refractivity contribution in [1.82, 2.24) is 9.78 Å². The lowest BCUT2D eigenvalue weighted by Crippen LogP contribution is -2.25. The Hall–Kier alpha value is -3.30. The quantitative estimate of drug-likeness (QED) is 0.528. The molecule has 0 saturated carbocycles. The molecule has 3 rings (SSSR count). The SMILES string of the molecule is Cc1nn(-c2ccccc2)c(C)c1C(Cc1cc(C(F)(F)F)cc(C(F)(F)F)c1)C(N)=O. The van der Waals surface area contributed by atoms with E-state index < -0.39 is 41.7 Å². The smallest absolute Gasteiger partial charge is 0.369 e. The Morgan fingerprint density at radius 3 is 1.97 bits per heavy atom. The monoisotopic (exact) mass is 455 g/mol. The summed E-state index contributed by atoms with van der Waals surface area (Å²) in [5, 5.41) is 4.39. The van der Waals surface area contributed by atoms with Gasteiger partial charge in [0.2, 0.25) is 5.91 Å². The molecule has 1 heterocycles. The fraction of sp³-hybridized carbons (Fsp3) is 0.273. The van der Waals surface area contributed by atoms with E-state index in [2.05, 4.69) is 5.10 Å². The van der Waals surface area contributed by atoms with Crippen LogP contribution < -0.4 is 5.73 Å². The molecule has 4 nitrogen and oxygen atoms in total. The zero-order valence-corrected chi connectivity index (χ0v) is 17.1. The third-order valence-electron chi connectivity index (χ3n) is 5.13. The van der Waals surface area contributed by atoms with Crippen molar-refractivity contribution in [3.63, 3.8) is 0 Å². The first-order valence-electron chi connectivity index (χ1n) is 9.48. The summed E-state index contributed by atoms with van der Waals surface area (Å²) >= 11 is 0. The first-order valence-corrected chi connectivity index (χ1v) is 9.48. The van der Waals surface area contributed by atoms with Crippen molar-refractivity contribution in [3.8, 4) is 5.69 Å². The number of aryl methyl sites for hydroxylation is 1. The number of primary amides is 1. The van der Waals surface area contributed by atoms with Crippen LogP contribution in [0.5, 0.6) is 0 Å². The van der Waals surface area contributed by atoms with E-state index >= 15 is 0 Å². The van der Waals surface area contributed by atoms with Gasteiger partial charge in [0.25, 0.3) is 0 Å². The van der Waals surface area contributed by atoms with Gasteiger partial charge in [-0.05, 0) is 56.2 Å². The molecule has 2 aromatic carbocycles. The van der Waals surface area contributed by atoms with Gasteiger partial charge in [0.15, 0.2) is 0 Å². The van der Waals surface area contributed by atoms with Gasteiger partial charge in [-0.3, -0.25) is 4.79 Å². The largest absolute Gasteiger partial charge is 0.416 e. The summed E-state index contributed by atoms with van der Waals surface area (Å²) < 4.78 is 80.8. The van der Waals surface area contributed by atoms with E-state index in [9.17, 15) is 31.1 Å². The highest BCUT2D eigenvalue weighted by atomic mass is 19.4. The number of carbonyl (C=O) groups is 1. The van der Waals surface area contributed by atoms with Gasteiger partial charge in [-0.25, -0.2) is 4.68 Å². The van der Waals surface area contributed by atoms with E-state index in [1.54, 1.807) is 48.9 Å². The molecule has 0 bridgehead atoms. The van der Waals surface area contributed by atoms with Crippen LogP contribution in [-0.2, 0) is 23.6 Å². The Morgan fingerprint density at radius 1 is 0.969 bits per heavy atom. The highest BCUT2D eigenvalue weighted by Gasteiger charge is 2.37. The Morgan fingerprint density at radius 2 is 1.50 bits per heavy atom. The number of benzene rings is 2. The second kappa shape index (κ2) is 8.33. The van der Waals surface area contributed by atoms with Crippen LogP contribution in [0, 0.1) is 13.8 Å². The summed E-state index contributed by atoms with van der Waals surface area (Å²) in [7, 11) is 0. The van der Waals surface area contributed by atoms with Gasteiger partial charge in [-0.2, -0.15) is 31.4 Å². The van der Waals surface area contributed by atoms with E-state index in [4.69, 9.17) is 5.73 Å². The van der Waals surface area contributed by atoms with Crippen molar-refractivity contribution in [2.45, 2.75) is 38.5 Å². The van der Waals surface area contributed by atoms with Gasteiger partial charge in [0.05, 0.1) is 28.4 Å². The van der Waals surface area contributed by atoms with Crippen LogP contribution in [0.3, 0.4) is 0 Å². The van der Waals surface area contributed by atoms with Crippen molar-refractivity contribution < 1.29 is 31.1 Å². The maximum atomic E-state index is 13.2. The standard InChI is InChI=1S/C22H19F6N3O/c1-12-19(13(2)31(30-12)17-6-4-3-5-7-17)18(20(29)32)10-14-8-15(21(23,24)25)11-16(9-14)22(26,27)28/h3-9,11,18H,10H2,1-2H3,(H2,29,32). The molecule has 10 heteroatoms. The number of hydrogen-bond donors (Lipinski definition) is 1. The number of rotatable bonds is 5. The molecule has 32 heavy (non-hydrogen) atoms. The lowest BCUT2D eigenvalue weighted by molar-refractivity contribution is -0.143. The van der Waals surface area contributed by atoms with Crippen molar-refractivity contribution in [2.24, 2.45) is 5.73 Å². The minimum atomic E-state index is -4.98. The van der Waals surface area contributed by atoms with E-state index in [-0.39, 0.29) is 11.6 Å². The second-order valence-electron chi connectivity index (χ2n) is 7.41. The van der Waals surface area contributed by atoms with E-state index in [1.807, 2.05) is 0 Å².